The molecule has 2 heteroatoms. The van der Waals surface area contributed by atoms with E-state index in [1.807, 2.05) is 0 Å². The summed E-state index contributed by atoms with van der Waals surface area (Å²) in [4.78, 5) is 0. The Bertz CT molecular complexity index is 126. The average Bonchev–Trinajstić information content (AvgIpc) is 2.25. The first-order valence-corrected chi connectivity index (χ1v) is 7.05. The minimum Gasteiger partial charge on any atom is -0.381 e. The van der Waals surface area contributed by atoms with E-state index in [4.69, 9.17) is 4.74 Å². The minimum atomic E-state index is 0.852. The lowest BCUT2D eigenvalue weighted by Gasteiger charge is -2.06. The van der Waals surface area contributed by atoms with Gasteiger partial charge in [0.1, 0.15) is 0 Å². The Morgan fingerprint density at radius 1 is 0.938 bits per heavy atom. The van der Waals surface area contributed by atoms with E-state index >= 15 is 0 Å². The average molecular weight is 229 g/mol. The number of ether oxygens (including phenoxy) is 1. The van der Waals surface area contributed by atoms with Gasteiger partial charge >= 0.3 is 0 Å². The van der Waals surface area contributed by atoms with Crippen LogP contribution in [-0.2, 0) is 4.74 Å². The van der Waals surface area contributed by atoms with Crippen LogP contribution in [0.4, 0.5) is 0 Å². The van der Waals surface area contributed by atoms with Crippen molar-refractivity contribution in [2.24, 2.45) is 5.92 Å². The quantitative estimate of drug-likeness (QED) is 0.516. The van der Waals surface area contributed by atoms with Gasteiger partial charge in [0.05, 0.1) is 0 Å². The smallest absolute Gasteiger partial charge is 0.0478 e. The summed E-state index contributed by atoms with van der Waals surface area (Å²) in [6.07, 6.45) is 7.64. The summed E-state index contributed by atoms with van der Waals surface area (Å²) in [6.45, 7) is 10.9. The molecule has 0 amide bonds. The lowest BCUT2D eigenvalue weighted by molar-refractivity contribution is 0.127. The largest absolute Gasteiger partial charge is 0.381 e. The van der Waals surface area contributed by atoms with E-state index < -0.39 is 0 Å². The molecular weight excluding hydrogens is 198 g/mol. The monoisotopic (exact) mass is 229 g/mol. The molecule has 98 valence electrons. The molecule has 0 aliphatic heterocycles. The lowest BCUT2D eigenvalue weighted by Crippen LogP contribution is -2.17. The summed E-state index contributed by atoms with van der Waals surface area (Å²) < 4.78 is 5.58. The summed E-state index contributed by atoms with van der Waals surface area (Å²) in [7, 11) is 0. The summed E-state index contributed by atoms with van der Waals surface area (Å²) >= 11 is 0. The maximum Gasteiger partial charge on any atom is 0.0478 e. The highest BCUT2D eigenvalue weighted by molar-refractivity contribution is 4.48. The van der Waals surface area contributed by atoms with Gasteiger partial charge in [0.15, 0.2) is 0 Å². The molecular formula is C14H31NO. The molecule has 0 aliphatic rings. The Hall–Kier alpha value is -0.0800. The zero-order chi connectivity index (χ0) is 12.1. The first-order chi connectivity index (χ1) is 7.77. The molecule has 0 bridgehead atoms. The fourth-order valence-corrected chi connectivity index (χ4v) is 1.64. The van der Waals surface area contributed by atoms with E-state index in [0.29, 0.717) is 0 Å². The molecule has 0 aliphatic carbocycles. The van der Waals surface area contributed by atoms with Gasteiger partial charge in [-0.25, -0.2) is 0 Å². The Morgan fingerprint density at radius 2 is 1.69 bits per heavy atom. The fraction of sp³-hybridized carbons (Fsp3) is 1.00. The number of hydrogen-bond acceptors (Lipinski definition) is 2. The fourth-order valence-electron chi connectivity index (χ4n) is 1.64. The lowest BCUT2D eigenvalue weighted by atomic mass is 10.1. The molecule has 0 saturated carbocycles. The topological polar surface area (TPSA) is 21.3 Å². The molecule has 0 aromatic heterocycles. The van der Waals surface area contributed by atoms with Crippen molar-refractivity contribution in [3.05, 3.63) is 0 Å². The number of unbranched alkanes of at least 4 members (excludes halogenated alkanes) is 2. The van der Waals surface area contributed by atoms with Gasteiger partial charge in [-0.05, 0) is 38.3 Å². The van der Waals surface area contributed by atoms with Crippen molar-refractivity contribution in [3.63, 3.8) is 0 Å². The van der Waals surface area contributed by atoms with Crippen molar-refractivity contribution in [3.8, 4) is 0 Å². The molecule has 0 rings (SSSR count). The summed E-state index contributed by atoms with van der Waals surface area (Å²) in [5.74, 6) is 0.852. The second kappa shape index (κ2) is 13.0. The molecule has 0 radical (unpaired) electrons. The molecule has 0 unspecified atom stereocenters. The van der Waals surface area contributed by atoms with Gasteiger partial charge in [-0.15, -0.1) is 0 Å². The first-order valence-electron chi connectivity index (χ1n) is 7.05. The van der Waals surface area contributed by atoms with E-state index in [9.17, 15) is 0 Å². The predicted molar refractivity (Wildman–Crippen MR) is 71.9 cm³/mol. The third kappa shape index (κ3) is 13.9. The second-order valence-corrected chi connectivity index (χ2v) is 4.96. The maximum absolute atomic E-state index is 5.58. The van der Waals surface area contributed by atoms with E-state index in [1.54, 1.807) is 0 Å². The van der Waals surface area contributed by atoms with Crippen LogP contribution >= 0.6 is 0 Å². The summed E-state index contributed by atoms with van der Waals surface area (Å²) in [5.41, 5.74) is 0. The van der Waals surface area contributed by atoms with Crippen LogP contribution in [0, 0.1) is 5.92 Å². The standard InChI is InChI=1S/C14H31NO/c1-4-10-15-11-8-13-16-12-7-5-6-9-14(2)3/h14-15H,4-13H2,1-3H3. The Balaban J connectivity index is 2.88. The molecule has 2 nitrogen and oxygen atoms in total. The Labute approximate surface area is 102 Å². The van der Waals surface area contributed by atoms with Crippen molar-refractivity contribution in [1.29, 1.82) is 0 Å². The van der Waals surface area contributed by atoms with Crippen molar-refractivity contribution >= 4 is 0 Å². The molecule has 0 aromatic carbocycles. The molecule has 16 heavy (non-hydrogen) atoms. The highest BCUT2D eigenvalue weighted by Crippen LogP contribution is 2.07. The molecule has 0 heterocycles. The van der Waals surface area contributed by atoms with Crippen LogP contribution < -0.4 is 5.32 Å². The molecule has 0 spiro atoms. The third-order valence-electron chi connectivity index (χ3n) is 2.64. The van der Waals surface area contributed by atoms with Crippen LogP contribution in [0.3, 0.4) is 0 Å². The summed E-state index contributed by atoms with van der Waals surface area (Å²) in [6, 6.07) is 0. The highest BCUT2D eigenvalue weighted by Gasteiger charge is 1.94. The zero-order valence-electron chi connectivity index (χ0n) is 11.6. The van der Waals surface area contributed by atoms with Crippen molar-refractivity contribution in [2.45, 2.75) is 59.3 Å². The number of rotatable bonds is 12. The SMILES string of the molecule is CCCNCCCOCCCCCC(C)C. The number of hydrogen-bond donors (Lipinski definition) is 1. The van der Waals surface area contributed by atoms with E-state index in [1.165, 1.54) is 32.1 Å². The molecule has 1 N–H and O–H groups in total. The van der Waals surface area contributed by atoms with Gasteiger partial charge in [0.25, 0.3) is 0 Å². The normalized spacial score (nSPS) is 11.2. The summed E-state index contributed by atoms with van der Waals surface area (Å²) in [5, 5.41) is 3.38. The van der Waals surface area contributed by atoms with Crippen LogP contribution in [0.1, 0.15) is 59.3 Å². The van der Waals surface area contributed by atoms with Crippen LogP contribution in [0.5, 0.6) is 0 Å². The molecule has 0 fully saturated rings. The Morgan fingerprint density at radius 3 is 2.38 bits per heavy atom. The predicted octanol–water partition coefficient (Wildman–Crippen LogP) is 3.61. The van der Waals surface area contributed by atoms with Gasteiger partial charge in [0.2, 0.25) is 0 Å². The van der Waals surface area contributed by atoms with Crippen LogP contribution in [0.25, 0.3) is 0 Å². The molecule has 0 saturated heterocycles. The van der Waals surface area contributed by atoms with Crippen molar-refractivity contribution < 1.29 is 4.74 Å². The van der Waals surface area contributed by atoms with E-state index in [0.717, 1.165) is 38.6 Å². The maximum atomic E-state index is 5.58. The van der Waals surface area contributed by atoms with E-state index in [-0.39, 0.29) is 0 Å². The molecule has 0 atom stereocenters. The van der Waals surface area contributed by atoms with Gasteiger partial charge in [0, 0.05) is 13.2 Å². The zero-order valence-corrected chi connectivity index (χ0v) is 11.6. The van der Waals surface area contributed by atoms with Gasteiger partial charge in [-0.1, -0.05) is 40.0 Å². The van der Waals surface area contributed by atoms with Gasteiger partial charge in [-0.3, -0.25) is 0 Å². The van der Waals surface area contributed by atoms with Crippen LogP contribution in [-0.4, -0.2) is 26.3 Å². The molecule has 0 aromatic rings. The van der Waals surface area contributed by atoms with Gasteiger partial charge in [-0.2, -0.15) is 0 Å². The van der Waals surface area contributed by atoms with Crippen LogP contribution in [0.2, 0.25) is 0 Å². The first kappa shape index (κ1) is 15.9. The number of nitrogens with one attached hydrogen (secondary N) is 1. The third-order valence-corrected chi connectivity index (χ3v) is 2.64. The van der Waals surface area contributed by atoms with Crippen molar-refractivity contribution in [2.75, 3.05) is 26.3 Å². The second-order valence-electron chi connectivity index (χ2n) is 4.96. The highest BCUT2D eigenvalue weighted by atomic mass is 16.5. The van der Waals surface area contributed by atoms with Gasteiger partial charge < -0.3 is 10.1 Å². The van der Waals surface area contributed by atoms with Crippen molar-refractivity contribution in [1.82, 2.24) is 5.32 Å². The minimum absolute atomic E-state index is 0.852. The van der Waals surface area contributed by atoms with E-state index in [2.05, 4.69) is 26.1 Å². The van der Waals surface area contributed by atoms with Crippen LogP contribution in [0.15, 0.2) is 0 Å². The Kier molecular flexibility index (Phi) is 12.9.